The zero-order valence-electron chi connectivity index (χ0n) is 15.1. The molecule has 1 aliphatic heterocycles. The number of ether oxygens (including phenoxy) is 1. The van der Waals surface area contributed by atoms with Crippen molar-refractivity contribution in [3.8, 4) is 0 Å². The summed E-state index contributed by atoms with van der Waals surface area (Å²) in [5.74, 6) is -0.102. The lowest BCUT2D eigenvalue weighted by Crippen LogP contribution is -2.54. The van der Waals surface area contributed by atoms with Gasteiger partial charge in [-0.05, 0) is 39.2 Å². The topological polar surface area (TPSA) is 67.6 Å². The predicted molar refractivity (Wildman–Crippen MR) is 96.7 cm³/mol. The zero-order valence-corrected chi connectivity index (χ0v) is 15.1. The number of nitrogens with one attached hydrogen (secondary N) is 1. The molecule has 24 heavy (non-hydrogen) atoms. The van der Waals surface area contributed by atoms with Crippen LogP contribution in [-0.2, 0) is 15.1 Å². The molecule has 0 saturated carbocycles. The zero-order chi connectivity index (χ0) is 17.6. The molecule has 0 spiro atoms. The lowest BCUT2D eigenvalue weighted by Gasteiger charge is -2.34. The van der Waals surface area contributed by atoms with Crippen molar-refractivity contribution in [1.29, 1.82) is 0 Å². The van der Waals surface area contributed by atoms with E-state index in [1.807, 2.05) is 30.3 Å². The van der Waals surface area contributed by atoms with E-state index in [0.717, 1.165) is 44.6 Å². The van der Waals surface area contributed by atoms with E-state index in [1.165, 1.54) is 0 Å². The molecule has 0 bridgehead atoms. The van der Waals surface area contributed by atoms with Gasteiger partial charge in [-0.1, -0.05) is 30.3 Å². The predicted octanol–water partition coefficient (Wildman–Crippen LogP) is 1.87. The van der Waals surface area contributed by atoms with Crippen molar-refractivity contribution in [2.24, 2.45) is 5.73 Å². The Kier molecular flexibility index (Phi) is 6.78. The Morgan fingerprint density at radius 1 is 1.33 bits per heavy atom. The van der Waals surface area contributed by atoms with E-state index in [-0.39, 0.29) is 18.1 Å². The van der Waals surface area contributed by atoms with Gasteiger partial charge < -0.3 is 20.7 Å². The number of nitrogens with zero attached hydrogens (tertiary/aromatic N) is 1. The maximum atomic E-state index is 12.6. The third-order valence-electron chi connectivity index (χ3n) is 4.63. The van der Waals surface area contributed by atoms with Gasteiger partial charge in [0, 0.05) is 25.7 Å². The molecule has 1 amide bonds. The number of carbonyl (C=O) groups is 1. The Bertz CT molecular complexity index is 509. The molecule has 1 aromatic rings. The smallest absolute Gasteiger partial charge is 0.244 e. The van der Waals surface area contributed by atoms with Gasteiger partial charge in [0.25, 0.3) is 0 Å². The second kappa shape index (κ2) is 8.60. The Hall–Kier alpha value is -1.43. The molecule has 1 fully saturated rings. The van der Waals surface area contributed by atoms with Crippen LogP contribution in [0.15, 0.2) is 30.3 Å². The summed E-state index contributed by atoms with van der Waals surface area (Å²) in [6.07, 6.45) is 2.19. The van der Waals surface area contributed by atoms with Crippen LogP contribution in [0.25, 0.3) is 0 Å². The first-order valence-electron chi connectivity index (χ1n) is 8.89. The minimum absolute atomic E-state index is 0.102. The first-order valence-corrected chi connectivity index (χ1v) is 8.89. The van der Waals surface area contributed by atoms with Crippen molar-refractivity contribution in [2.45, 2.75) is 51.3 Å². The average Bonchev–Trinajstić information content (AvgIpc) is 2.57. The highest BCUT2D eigenvalue weighted by atomic mass is 16.5. The van der Waals surface area contributed by atoms with Gasteiger partial charge in [-0.25, -0.2) is 0 Å². The molecule has 5 heteroatoms. The SMILES string of the molecule is CC(C)OCCN1CCC(NC(=O)C(C)(N)c2ccccc2)CC1. The van der Waals surface area contributed by atoms with Crippen molar-refractivity contribution >= 4 is 5.91 Å². The fourth-order valence-electron chi connectivity index (χ4n) is 2.97. The monoisotopic (exact) mass is 333 g/mol. The van der Waals surface area contributed by atoms with Gasteiger partial charge in [0.05, 0.1) is 12.7 Å². The lowest BCUT2D eigenvalue weighted by atomic mass is 9.91. The first kappa shape index (κ1) is 18.9. The Morgan fingerprint density at radius 2 is 1.96 bits per heavy atom. The molecule has 1 aromatic carbocycles. The first-order chi connectivity index (χ1) is 11.4. The molecule has 2 rings (SSSR count). The number of amides is 1. The maximum absolute atomic E-state index is 12.6. The summed E-state index contributed by atoms with van der Waals surface area (Å²) in [5.41, 5.74) is 6.12. The van der Waals surface area contributed by atoms with Gasteiger partial charge in [0.2, 0.25) is 5.91 Å². The van der Waals surface area contributed by atoms with Crippen molar-refractivity contribution < 1.29 is 9.53 Å². The normalized spacial score (nSPS) is 19.2. The highest BCUT2D eigenvalue weighted by Crippen LogP contribution is 2.19. The summed E-state index contributed by atoms with van der Waals surface area (Å²) in [6.45, 7) is 9.58. The van der Waals surface area contributed by atoms with Crippen LogP contribution in [0.1, 0.15) is 39.2 Å². The number of likely N-dealkylation sites (tertiary alicyclic amines) is 1. The number of piperidine rings is 1. The van der Waals surface area contributed by atoms with Gasteiger partial charge in [-0.15, -0.1) is 0 Å². The second-order valence-corrected chi connectivity index (χ2v) is 7.08. The summed E-state index contributed by atoms with van der Waals surface area (Å²) < 4.78 is 5.60. The fourth-order valence-corrected chi connectivity index (χ4v) is 2.97. The molecule has 5 nitrogen and oxygen atoms in total. The summed E-state index contributed by atoms with van der Waals surface area (Å²) >= 11 is 0. The molecule has 0 aromatic heterocycles. The van der Waals surface area contributed by atoms with Crippen molar-refractivity contribution in [2.75, 3.05) is 26.2 Å². The standard InChI is InChI=1S/C19H31N3O2/c1-15(2)24-14-13-22-11-9-17(10-12-22)21-18(23)19(3,20)16-7-5-4-6-8-16/h4-8,15,17H,9-14,20H2,1-3H3,(H,21,23). The summed E-state index contributed by atoms with van der Waals surface area (Å²) in [4.78, 5) is 15.0. The van der Waals surface area contributed by atoms with E-state index in [4.69, 9.17) is 10.5 Å². The quantitative estimate of drug-likeness (QED) is 0.799. The minimum Gasteiger partial charge on any atom is -0.377 e. The minimum atomic E-state index is -0.997. The van der Waals surface area contributed by atoms with Crippen molar-refractivity contribution in [3.63, 3.8) is 0 Å². The molecule has 1 unspecified atom stereocenters. The number of rotatable bonds is 7. The Morgan fingerprint density at radius 3 is 2.54 bits per heavy atom. The third kappa shape index (κ3) is 5.30. The van der Waals surface area contributed by atoms with Crippen LogP contribution in [0.2, 0.25) is 0 Å². The largest absolute Gasteiger partial charge is 0.377 e. The number of hydrogen-bond acceptors (Lipinski definition) is 4. The molecule has 1 heterocycles. The van der Waals surface area contributed by atoms with Crippen LogP contribution in [-0.4, -0.2) is 49.2 Å². The van der Waals surface area contributed by atoms with Crippen molar-refractivity contribution in [1.82, 2.24) is 10.2 Å². The van der Waals surface area contributed by atoms with Crippen LogP contribution in [0.5, 0.6) is 0 Å². The van der Waals surface area contributed by atoms with E-state index in [1.54, 1.807) is 6.92 Å². The van der Waals surface area contributed by atoms with E-state index >= 15 is 0 Å². The van der Waals surface area contributed by atoms with Crippen LogP contribution in [0.4, 0.5) is 0 Å². The van der Waals surface area contributed by atoms with Crippen LogP contribution in [0, 0.1) is 0 Å². The average molecular weight is 333 g/mol. The van der Waals surface area contributed by atoms with E-state index in [0.29, 0.717) is 0 Å². The number of carbonyl (C=O) groups excluding carboxylic acids is 1. The fraction of sp³-hybridized carbons (Fsp3) is 0.632. The molecule has 1 atom stereocenters. The molecular weight excluding hydrogens is 302 g/mol. The second-order valence-electron chi connectivity index (χ2n) is 7.08. The summed E-state index contributed by atoms with van der Waals surface area (Å²) in [7, 11) is 0. The maximum Gasteiger partial charge on any atom is 0.244 e. The van der Waals surface area contributed by atoms with Gasteiger partial charge in [0.1, 0.15) is 5.54 Å². The van der Waals surface area contributed by atoms with Crippen LogP contribution >= 0.6 is 0 Å². The molecular formula is C19H31N3O2. The Labute approximate surface area is 145 Å². The number of hydrogen-bond donors (Lipinski definition) is 2. The molecule has 0 radical (unpaired) electrons. The number of benzene rings is 1. The van der Waals surface area contributed by atoms with E-state index in [9.17, 15) is 4.79 Å². The molecule has 0 aliphatic carbocycles. The van der Waals surface area contributed by atoms with Crippen LogP contribution < -0.4 is 11.1 Å². The molecule has 1 aliphatic rings. The molecule has 134 valence electrons. The summed E-state index contributed by atoms with van der Waals surface area (Å²) in [6, 6.07) is 9.74. The molecule has 3 N–H and O–H groups in total. The van der Waals surface area contributed by atoms with E-state index < -0.39 is 5.54 Å². The van der Waals surface area contributed by atoms with E-state index in [2.05, 4.69) is 24.1 Å². The van der Waals surface area contributed by atoms with Crippen LogP contribution in [0.3, 0.4) is 0 Å². The summed E-state index contributed by atoms with van der Waals surface area (Å²) in [5, 5.41) is 3.13. The number of nitrogens with two attached hydrogens (primary N) is 1. The highest BCUT2D eigenvalue weighted by Gasteiger charge is 2.32. The Balaban J connectivity index is 1.78. The lowest BCUT2D eigenvalue weighted by molar-refractivity contribution is -0.127. The van der Waals surface area contributed by atoms with Gasteiger partial charge >= 0.3 is 0 Å². The highest BCUT2D eigenvalue weighted by molar-refractivity contribution is 5.87. The van der Waals surface area contributed by atoms with Gasteiger partial charge in [0.15, 0.2) is 0 Å². The van der Waals surface area contributed by atoms with Gasteiger partial charge in [-0.3, -0.25) is 4.79 Å². The van der Waals surface area contributed by atoms with Crippen molar-refractivity contribution in [3.05, 3.63) is 35.9 Å². The van der Waals surface area contributed by atoms with Gasteiger partial charge in [-0.2, -0.15) is 0 Å². The third-order valence-corrected chi connectivity index (χ3v) is 4.63. The molecule has 1 saturated heterocycles.